The largest absolute Gasteiger partial charge is 0.391 e. The topological polar surface area (TPSA) is 63.3 Å². The number of rotatable bonds is 3. The Morgan fingerprint density at radius 1 is 1.78 bits per heavy atom. The summed E-state index contributed by atoms with van der Waals surface area (Å²) < 4.78 is 10.3. The molecule has 0 spiro atoms. The van der Waals surface area contributed by atoms with Crippen LogP contribution >= 0.6 is 12.4 Å². The highest BCUT2D eigenvalue weighted by Crippen LogP contribution is 1.81. The van der Waals surface area contributed by atoms with E-state index in [1.807, 2.05) is 0 Å². The van der Waals surface area contributed by atoms with E-state index in [9.17, 15) is 4.21 Å². The molecule has 0 aromatic rings. The van der Waals surface area contributed by atoms with E-state index in [1.165, 1.54) is 0 Å². The van der Waals surface area contributed by atoms with E-state index >= 15 is 0 Å². The first kappa shape index (κ1) is 12.1. The smallest absolute Gasteiger partial charge is 0.0777 e. The van der Waals surface area contributed by atoms with Crippen LogP contribution in [0.2, 0.25) is 0 Å². The first-order valence-corrected chi connectivity index (χ1v) is 4.07. The van der Waals surface area contributed by atoms with Crippen LogP contribution in [0.5, 0.6) is 0 Å². The van der Waals surface area contributed by atoms with Gasteiger partial charge in [0, 0.05) is 23.6 Å². The van der Waals surface area contributed by atoms with E-state index in [1.54, 1.807) is 6.26 Å². The molecule has 2 atom stereocenters. The van der Waals surface area contributed by atoms with E-state index in [2.05, 4.69) is 0 Å². The Bertz CT molecular complexity index is 90.6. The zero-order chi connectivity index (χ0) is 6.57. The zero-order valence-electron chi connectivity index (χ0n) is 5.24. The van der Waals surface area contributed by atoms with Gasteiger partial charge in [0.1, 0.15) is 0 Å². The zero-order valence-corrected chi connectivity index (χ0v) is 6.87. The third-order valence-electron chi connectivity index (χ3n) is 0.699. The maximum Gasteiger partial charge on any atom is 0.0777 e. The van der Waals surface area contributed by atoms with E-state index in [0.29, 0.717) is 0 Å². The summed E-state index contributed by atoms with van der Waals surface area (Å²) in [5, 5.41) is 8.71. The van der Waals surface area contributed by atoms with Crippen LogP contribution < -0.4 is 5.73 Å². The van der Waals surface area contributed by atoms with Gasteiger partial charge in [-0.3, -0.25) is 4.21 Å². The van der Waals surface area contributed by atoms with Gasteiger partial charge in [-0.15, -0.1) is 12.4 Å². The Balaban J connectivity index is 0. The molecule has 0 fully saturated rings. The molecule has 0 aliphatic carbocycles. The number of hydrogen-bond acceptors (Lipinski definition) is 3. The standard InChI is InChI=1S/C4H11NO2S.ClH/c1-8(7)3-4(6)2-5;/h4,6H,2-3,5H2,1H3;1H. The third-order valence-corrected chi connectivity index (χ3v) is 1.55. The molecule has 0 bridgehead atoms. The van der Waals surface area contributed by atoms with Crippen molar-refractivity contribution in [3.63, 3.8) is 0 Å². The molecule has 0 amide bonds. The molecule has 0 heterocycles. The van der Waals surface area contributed by atoms with Crippen LogP contribution in [0, 0.1) is 0 Å². The normalized spacial score (nSPS) is 15.9. The minimum Gasteiger partial charge on any atom is -0.391 e. The van der Waals surface area contributed by atoms with Gasteiger partial charge in [-0.25, -0.2) is 0 Å². The van der Waals surface area contributed by atoms with Crippen molar-refractivity contribution in [2.24, 2.45) is 5.73 Å². The van der Waals surface area contributed by atoms with E-state index in [4.69, 9.17) is 10.8 Å². The van der Waals surface area contributed by atoms with Crippen LogP contribution in [0.4, 0.5) is 0 Å². The summed E-state index contributed by atoms with van der Waals surface area (Å²) in [7, 11) is -0.926. The maximum absolute atomic E-state index is 10.3. The average Bonchev–Trinajstić information content (AvgIpc) is 1.65. The second-order valence-corrected chi connectivity index (χ2v) is 3.11. The summed E-state index contributed by atoms with van der Waals surface area (Å²) >= 11 is 0. The Labute approximate surface area is 63.5 Å². The van der Waals surface area contributed by atoms with Crippen LogP contribution in [0.25, 0.3) is 0 Å². The molecule has 0 saturated heterocycles. The molecule has 0 aromatic heterocycles. The first-order valence-electron chi connectivity index (χ1n) is 2.35. The SMILES string of the molecule is CS(=O)CC(O)CN.Cl. The molecule has 3 N–H and O–H groups in total. The minimum absolute atomic E-state index is 0. The number of nitrogens with two attached hydrogens (primary N) is 1. The molecule has 58 valence electrons. The maximum atomic E-state index is 10.3. The number of hydrogen-bond donors (Lipinski definition) is 2. The number of aliphatic hydroxyl groups excluding tert-OH is 1. The molecule has 0 aromatic carbocycles. The van der Waals surface area contributed by atoms with Crippen molar-refractivity contribution in [3.8, 4) is 0 Å². The van der Waals surface area contributed by atoms with Gasteiger partial charge in [-0.05, 0) is 0 Å². The molecule has 2 unspecified atom stereocenters. The average molecular weight is 174 g/mol. The monoisotopic (exact) mass is 173 g/mol. The predicted molar refractivity (Wildman–Crippen MR) is 41.2 cm³/mol. The Kier molecular flexibility index (Phi) is 8.69. The highest BCUT2D eigenvalue weighted by atomic mass is 35.5. The van der Waals surface area contributed by atoms with Gasteiger partial charge >= 0.3 is 0 Å². The van der Waals surface area contributed by atoms with Gasteiger partial charge in [0.15, 0.2) is 0 Å². The molecule has 0 aliphatic rings. The molecular formula is C4H12ClNO2S. The summed E-state index contributed by atoms with van der Waals surface area (Å²) in [4.78, 5) is 0. The molecule has 0 rings (SSSR count). The predicted octanol–water partition coefficient (Wildman–Crippen LogP) is -0.894. The number of aliphatic hydroxyl groups is 1. The van der Waals surface area contributed by atoms with Crippen LogP contribution in [-0.4, -0.2) is 34.0 Å². The van der Waals surface area contributed by atoms with Crippen LogP contribution in [0.3, 0.4) is 0 Å². The van der Waals surface area contributed by atoms with E-state index in [0.717, 1.165) is 0 Å². The van der Waals surface area contributed by atoms with Crippen molar-refractivity contribution in [2.75, 3.05) is 18.6 Å². The second-order valence-electron chi connectivity index (χ2n) is 1.63. The molecule has 0 saturated carbocycles. The van der Waals surface area contributed by atoms with E-state index < -0.39 is 16.9 Å². The van der Waals surface area contributed by atoms with E-state index in [-0.39, 0.29) is 24.7 Å². The molecular weight excluding hydrogens is 162 g/mol. The Morgan fingerprint density at radius 3 is 2.33 bits per heavy atom. The highest BCUT2D eigenvalue weighted by Gasteiger charge is 2.01. The fourth-order valence-corrected chi connectivity index (χ4v) is 1.02. The highest BCUT2D eigenvalue weighted by molar-refractivity contribution is 7.84. The lowest BCUT2D eigenvalue weighted by molar-refractivity contribution is 0.207. The second kappa shape index (κ2) is 6.48. The van der Waals surface area contributed by atoms with Gasteiger partial charge in [-0.1, -0.05) is 0 Å². The molecule has 0 aliphatic heterocycles. The molecule has 5 heteroatoms. The number of halogens is 1. The van der Waals surface area contributed by atoms with Crippen molar-refractivity contribution < 1.29 is 9.32 Å². The van der Waals surface area contributed by atoms with Crippen molar-refractivity contribution in [2.45, 2.75) is 6.10 Å². The van der Waals surface area contributed by atoms with Crippen molar-refractivity contribution in [1.29, 1.82) is 0 Å². The fraction of sp³-hybridized carbons (Fsp3) is 1.00. The Hall–Kier alpha value is 0.360. The lowest BCUT2D eigenvalue weighted by Gasteiger charge is -2.02. The summed E-state index contributed by atoms with van der Waals surface area (Å²) in [5.74, 6) is 0.288. The van der Waals surface area contributed by atoms with Gasteiger partial charge in [0.05, 0.1) is 11.9 Å². The molecule has 9 heavy (non-hydrogen) atoms. The van der Waals surface area contributed by atoms with Crippen LogP contribution in [0.15, 0.2) is 0 Å². The van der Waals surface area contributed by atoms with Gasteiger partial charge in [0.25, 0.3) is 0 Å². The molecule has 0 radical (unpaired) electrons. The lowest BCUT2D eigenvalue weighted by atomic mass is 10.4. The van der Waals surface area contributed by atoms with Crippen molar-refractivity contribution in [1.82, 2.24) is 0 Å². The van der Waals surface area contributed by atoms with Gasteiger partial charge in [-0.2, -0.15) is 0 Å². The van der Waals surface area contributed by atoms with Gasteiger partial charge < -0.3 is 10.8 Å². The summed E-state index contributed by atoms with van der Waals surface area (Å²) in [6.45, 7) is 0.194. The lowest BCUT2D eigenvalue weighted by Crippen LogP contribution is -2.25. The Morgan fingerprint density at radius 2 is 2.22 bits per heavy atom. The summed E-state index contributed by atoms with van der Waals surface area (Å²) in [6, 6.07) is 0. The van der Waals surface area contributed by atoms with Gasteiger partial charge in [0.2, 0.25) is 0 Å². The summed E-state index contributed by atoms with van der Waals surface area (Å²) in [6.07, 6.45) is 0.944. The van der Waals surface area contributed by atoms with Crippen LogP contribution in [-0.2, 0) is 10.8 Å². The minimum atomic E-state index is -0.926. The first-order chi connectivity index (χ1) is 3.66. The third kappa shape index (κ3) is 8.36. The van der Waals surface area contributed by atoms with Crippen molar-refractivity contribution >= 4 is 23.2 Å². The fourth-order valence-electron chi connectivity index (χ4n) is 0.339. The quantitative estimate of drug-likeness (QED) is 0.582. The molecule has 3 nitrogen and oxygen atoms in total. The summed E-state index contributed by atoms with van der Waals surface area (Å²) in [5.41, 5.74) is 5.04. The van der Waals surface area contributed by atoms with Crippen LogP contribution in [0.1, 0.15) is 0 Å². The van der Waals surface area contributed by atoms with Crippen molar-refractivity contribution in [3.05, 3.63) is 0 Å².